The van der Waals surface area contributed by atoms with Crippen molar-refractivity contribution in [3.05, 3.63) is 71.8 Å². The molecule has 2 aliphatic rings. The van der Waals surface area contributed by atoms with Crippen LogP contribution in [0.5, 0.6) is 0 Å². The molecule has 2 heterocycles. The van der Waals surface area contributed by atoms with Crippen molar-refractivity contribution >= 4 is 5.97 Å². The minimum absolute atomic E-state index is 0.172. The Kier molecular flexibility index (Phi) is 5.66. The van der Waals surface area contributed by atoms with Crippen LogP contribution in [0.15, 0.2) is 60.7 Å². The van der Waals surface area contributed by atoms with E-state index in [1.807, 2.05) is 60.7 Å². The predicted octanol–water partition coefficient (Wildman–Crippen LogP) is 3.32. The summed E-state index contributed by atoms with van der Waals surface area (Å²) in [6.07, 6.45) is 2.77. The van der Waals surface area contributed by atoms with Gasteiger partial charge in [0, 0.05) is 13.1 Å². The number of hydrogen-bond donors (Lipinski definition) is 1. The Hall–Kier alpha value is -2.68. The van der Waals surface area contributed by atoms with E-state index in [1.54, 1.807) is 5.06 Å². The second kappa shape index (κ2) is 8.36. The summed E-state index contributed by atoms with van der Waals surface area (Å²) in [6.45, 7) is 2.74. The van der Waals surface area contributed by atoms with Crippen LogP contribution in [0.1, 0.15) is 36.8 Å². The standard InChI is InChI=1S/C24H27N3O2/c25-19-23(20-7-3-1-4-8-20)13-17-27(18-14-23)29-22(28)24(11-15-26-16-12-24)21-9-5-2-6-10-21/h1-10,26H,11-18H2. The highest BCUT2D eigenvalue weighted by Gasteiger charge is 2.45. The van der Waals surface area contributed by atoms with E-state index in [-0.39, 0.29) is 5.97 Å². The number of carbonyl (C=O) groups excluding carboxylic acids is 1. The topological polar surface area (TPSA) is 65.4 Å². The van der Waals surface area contributed by atoms with Crippen LogP contribution in [-0.2, 0) is 20.5 Å². The summed E-state index contributed by atoms with van der Waals surface area (Å²) in [6, 6.07) is 22.5. The lowest BCUT2D eigenvalue weighted by molar-refractivity contribution is -0.204. The van der Waals surface area contributed by atoms with Crippen molar-refractivity contribution in [3.63, 3.8) is 0 Å². The number of nitrogens with zero attached hydrogens (tertiary/aromatic N) is 2. The summed E-state index contributed by atoms with van der Waals surface area (Å²) in [7, 11) is 0. The van der Waals surface area contributed by atoms with Gasteiger partial charge in [-0.3, -0.25) is 0 Å². The zero-order chi connectivity index (χ0) is 20.2. The molecule has 2 fully saturated rings. The maximum atomic E-state index is 13.3. The van der Waals surface area contributed by atoms with Crippen molar-refractivity contribution in [2.45, 2.75) is 36.5 Å². The molecule has 0 spiro atoms. The lowest BCUT2D eigenvalue weighted by atomic mass is 9.73. The van der Waals surface area contributed by atoms with E-state index < -0.39 is 10.8 Å². The van der Waals surface area contributed by atoms with E-state index >= 15 is 0 Å². The van der Waals surface area contributed by atoms with Gasteiger partial charge in [0.15, 0.2) is 0 Å². The van der Waals surface area contributed by atoms with E-state index in [2.05, 4.69) is 11.4 Å². The number of benzene rings is 2. The Balaban J connectivity index is 1.47. The third-order valence-electron chi connectivity index (χ3n) is 6.50. The molecule has 5 heteroatoms. The van der Waals surface area contributed by atoms with E-state index in [4.69, 9.17) is 4.84 Å². The summed E-state index contributed by atoms with van der Waals surface area (Å²) >= 11 is 0. The monoisotopic (exact) mass is 389 g/mol. The first kappa shape index (κ1) is 19.6. The van der Waals surface area contributed by atoms with Crippen LogP contribution in [0, 0.1) is 11.3 Å². The quantitative estimate of drug-likeness (QED) is 0.869. The molecule has 1 N–H and O–H groups in total. The van der Waals surface area contributed by atoms with Gasteiger partial charge < -0.3 is 10.2 Å². The molecule has 0 atom stereocenters. The van der Waals surface area contributed by atoms with Crippen LogP contribution in [0.25, 0.3) is 0 Å². The molecule has 5 nitrogen and oxygen atoms in total. The molecule has 2 aromatic rings. The molecule has 0 bridgehead atoms. The molecule has 2 saturated heterocycles. The Bertz CT molecular complexity index is 862. The van der Waals surface area contributed by atoms with E-state index in [1.165, 1.54) is 0 Å². The highest BCUT2D eigenvalue weighted by atomic mass is 16.7. The molecule has 2 aromatic carbocycles. The normalized spacial score (nSPS) is 21.1. The number of rotatable bonds is 4. The molecule has 150 valence electrons. The minimum atomic E-state index is -0.601. The zero-order valence-corrected chi connectivity index (χ0v) is 16.6. The first-order chi connectivity index (χ1) is 14.2. The van der Waals surface area contributed by atoms with Gasteiger partial charge in [-0.25, -0.2) is 4.79 Å². The van der Waals surface area contributed by atoms with Crippen molar-refractivity contribution < 1.29 is 9.63 Å². The largest absolute Gasteiger partial charge is 0.367 e. The fourth-order valence-corrected chi connectivity index (χ4v) is 4.61. The lowest BCUT2D eigenvalue weighted by Gasteiger charge is -2.40. The maximum Gasteiger partial charge on any atom is 0.335 e. The summed E-state index contributed by atoms with van der Waals surface area (Å²) in [5, 5.41) is 15.0. The van der Waals surface area contributed by atoms with Gasteiger partial charge in [-0.2, -0.15) is 5.26 Å². The predicted molar refractivity (Wildman–Crippen MR) is 111 cm³/mol. The number of nitrogens with one attached hydrogen (secondary N) is 1. The molecule has 29 heavy (non-hydrogen) atoms. The molecule has 2 aliphatic heterocycles. The SMILES string of the molecule is N#CC1(c2ccccc2)CCN(OC(=O)C2(c3ccccc3)CCNCC2)CC1. The van der Waals surface area contributed by atoms with Gasteiger partial charge in [-0.1, -0.05) is 60.7 Å². The summed E-state index contributed by atoms with van der Waals surface area (Å²) in [5.74, 6) is -0.172. The Labute approximate surface area is 172 Å². The third kappa shape index (κ3) is 3.78. The number of carbonyl (C=O) groups is 1. The van der Waals surface area contributed by atoms with Gasteiger partial charge in [0.05, 0.1) is 16.9 Å². The van der Waals surface area contributed by atoms with Gasteiger partial charge in [0.1, 0.15) is 0 Å². The Morgan fingerprint density at radius 2 is 1.45 bits per heavy atom. The molecular formula is C24H27N3O2. The average molecular weight is 389 g/mol. The van der Waals surface area contributed by atoms with Gasteiger partial charge in [0.25, 0.3) is 0 Å². The van der Waals surface area contributed by atoms with Crippen LogP contribution in [0.2, 0.25) is 0 Å². The lowest BCUT2D eigenvalue weighted by Crippen LogP contribution is -2.50. The van der Waals surface area contributed by atoms with Crippen molar-refractivity contribution in [1.82, 2.24) is 10.4 Å². The number of nitriles is 1. The van der Waals surface area contributed by atoms with Crippen molar-refractivity contribution in [3.8, 4) is 6.07 Å². The summed E-state index contributed by atoms with van der Waals surface area (Å²) in [5.41, 5.74) is 0.970. The number of hydroxylamine groups is 2. The van der Waals surface area contributed by atoms with Gasteiger partial charge in [0.2, 0.25) is 0 Å². The third-order valence-corrected chi connectivity index (χ3v) is 6.50. The smallest absolute Gasteiger partial charge is 0.335 e. The fourth-order valence-electron chi connectivity index (χ4n) is 4.61. The average Bonchev–Trinajstić information content (AvgIpc) is 2.81. The molecule has 0 unspecified atom stereocenters. The first-order valence-electron chi connectivity index (χ1n) is 10.4. The summed E-state index contributed by atoms with van der Waals surface area (Å²) < 4.78 is 0. The van der Waals surface area contributed by atoms with Crippen LogP contribution >= 0.6 is 0 Å². The van der Waals surface area contributed by atoms with E-state index in [9.17, 15) is 10.1 Å². The van der Waals surface area contributed by atoms with Crippen LogP contribution < -0.4 is 5.32 Å². The number of piperidine rings is 2. The minimum Gasteiger partial charge on any atom is -0.367 e. The Morgan fingerprint density at radius 1 is 0.897 bits per heavy atom. The van der Waals surface area contributed by atoms with Crippen molar-refractivity contribution in [2.75, 3.05) is 26.2 Å². The van der Waals surface area contributed by atoms with Crippen molar-refractivity contribution in [2.24, 2.45) is 0 Å². The summed E-state index contributed by atoms with van der Waals surface area (Å²) in [4.78, 5) is 19.3. The van der Waals surface area contributed by atoms with E-state index in [0.717, 1.165) is 37.1 Å². The van der Waals surface area contributed by atoms with Crippen LogP contribution in [0.4, 0.5) is 0 Å². The van der Waals surface area contributed by atoms with Gasteiger partial charge in [-0.05, 0) is 49.9 Å². The van der Waals surface area contributed by atoms with Gasteiger partial charge >= 0.3 is 5.97 Å². The molecule has 0 amide bonds. The van der Waals surface area contributed by atoms with Crippen LogP contribution in [-0.4, -0.2) is 37.2 Å². The first-order valence-corrected chi connectivity index (χ1v) is 10.4. The molecule has 0 radical (unpaired) electrons. The zero-order valence-electron chi connectivity index (χ0n) is 16.6. The molecule has 4 rings (SSSR count). The second-order valence-corrected chi connectivity index (χ2v) is 8.07. The molecular weight excluding hydrogens is 362 g/mol. The van der Waals surface area contributed by atoms with Crippen molar-refractivity contribution in [1.29, 1.82) is 5.26 Å². The highest BCUT2D eigenvalue weighted by Crippen LogP contribution is 2.38. The Morgan fingerprint density at radius 3 is 2.00 bits per heavy atom. The van der Waals surface area contributed by atoms with Gasteiger partial charge in [-0.15, -0.1) is 5.06 Å². The highest BCUT2D eigenvalue weighted by molar-refractivity contribution is 5.83. The van der Waals surface area contributed by atoms with Crippen LogP contribution in [0.3, 0.4) is 0 Å². The maximum absolute atomic E-state index is 13.3. The molecule has 0 saturated carbocycles. The second-order valence-electron chi connectivity index (χ2n) is 8.07. The molecule has 0 aliphatic carbocycles. The molecule has 0 aromatic heterocycles. The number of hydrogen-bond acceptors (Lipinski definition) is 5. The van der Waals surface area contributed by atoms with E-state index in [0.29, 0.717) is 25.9 Å². The fraction of sp³-hybridized carbons (Fsp3) is 0.417.